The van der Waals surface area contributed by atoms with Crippen LogP contribution in [0.3, 0.4) is 0 Å². The number of amides is 2. The molecule has 4 rings (SSSR count). The fraction of sp³-hybridized carbons (Fsp3) is 0.619. The number of carbonyl (C=O) groups excluding carboxylic acids is 2. The molecule has 164 valence electrons. The summed E-state index contributed by atoms with van der Waals surface area (Å²) in [6.07, 6.45) is 2.29. The minimum absolute atomic E-state index is 0.00751. The summed E-state index contributed by atoms with van der Waals surface area (Å²) in [5, 5.41) is 11.0. The van der Waals surface area contributed by atoms with Crippen LogP contribution in [-0.2, 0) is 26.0 Å². The molecule has 1 aromatic rings. The monoisotopic (exact) mass is 436 g/mol. The molecule has 2 amide bonds. The van der Waals surface area contributed by atoms with Crippen LogP contribution in [0.2, 0.25) is 0 Å². The van der Waals surface area contributed by atoms with E-state index in [1.165, 1.54) is 7.11 Å². The summed E-state index contributed by atoms with van der Waals surface area (Å²) in [4.78, 5) is 25.6. The first kappa shape index (κ1) is 21.1. The molecule has 3 unspecified atom stereocenters. The Labute approximate surface area is 176 Å². The first-order valence-electron chi connectivity index (χ1n) is 10.2. The van der Waals surface area contributed by atoms with E-state index >= 15 is 0 Å². The second kappa shape index (κ2) is 6.95. The van der Waals surface area contributed by atoms with Crippen LogP contribution < -0.4 is 0 Å². The molecular weight excluding hydrogens is 408 g/mol. The zero-order valence-corrected chi connectivity index (χ0v) is 18.3. The number of hydrogen-bond acceptors (Lipinski definition) is 6. The highest BCUT2D eigenvalue weighted by atomic mass is 32.2. The number of methoxy groups -OCH3 is 1. The number of hydroxylamine groups is 2. The summed E-state index contributed by atoms with van der Waals surface area (Å²) in [6.45, 7) is 4.16. The van der Waals surface area contributed by atoms with Gasteiger partial charge in [0.05, 0.1) is 18.9 Å². The molecule has 4 atom stereocenters. The lowest BCUT2D eigenvalue weighted by molar-refractivity contribution is -0.161. The molecule has 1 saturated heterocycles. The lowest BCUT2D eigenvalue weighted by Crippen LogP contribution is -2.54. The average molecular weight is 437 g/mol. The zero-order valence-electron chi connectivity index (χ0n) is 17.4. The first-order chi connectivity index (χ1) is 14.0. The number of carbonyl (C=O) groups is 2. The Hall–Kier alpha value is -2.13. The highest BCUT2D eigenvalue weighted by molar-refractivity contribution is 7.90. The molecule has 2 aliphatic carbocycles. The predicted octanol–water partition coefficient (Wildman–Crippen LogP) is 2.42. The van der Waals surface area contributed by atoms with Gasteiger partial charge < -0.3 is 4.74 Å². The van der Waals surface area contributed by atoms with Crippen LogP contribution in [0.25, 0.3) is 0 Å². The Morgan fingerprint density at radius 3 is 2.57 bits per heavy atom. The van der Waals surface area contributed by atoms with Gasteiger partial charge in [0.25, 0.3) is 0 Å². The molecule has 30 heavy (non-hydrogen) atoms. The molecule has 2 saturated carbocycles. The van der Waals surface area contributed by atoms with Gasteiger partial charge in [0.2, 0.25) is 10.0 Å². The van der Waals surface area contributed by atoms with Gasteiger partial charge in [-0.05, 0) is 36.2 Å². The van der Waals surface area contributed by atoms with Gasteiger partial charge in [-0.15, -0.1) is 0 Å². The van der Waals surface area contributed by atoms with Crippen LogP contribution in [0.4, 0.5) is 4.79 Å². The normalized spacial score (nSPS) is 31.3. The van der Waals surface area contributed by atoms with Gasteiger partial charge in [-0.3, -0.25) is 5.21 Å². The lowest BCUT2D eigenvalue weighted by Gasteiger charge is -2.37. The summed E-state index contributed by atoms with van der Waals surface area (Å²) in [7, 11) is -2.75. The predicted molar refractivity (Wildman–Crippen MR) is 108 cm³/mol. The molecule has 1 N–H and O–H groups in total. The van der Waals surface area contributed by atoms with Gasteiger partial charge in [-0.1, -0.05) is 44.2 Å². The molecule has 3 fully saturated rings. The third-order valence-electron chi connectivity index (χ3n) is 7.84. The topological polar surface area (TPSA) is 104 Å². The summed E-state index contributed by atoms with van der Waals surface area (Å²) in [5.41, 5.74) is 0.000482. The van der Waals surface area contributed by atoms with Crippen LogP contribution in [-0.4, -0.2) is 59.9 Å². The third kappa shape index (κ3) is 2.85. The highest BCUT2D eigenvalue weighted by Crippen LogP contribution is 2.70. The molecule has 1 aromatic carbocycles. The van der Waals surface area contributed by atoms with Crippen molar-refractivity contribution < 1.29 is 28.0 Å². The number of benzene rings is 1. The number of nitrogens with zero attached hydrogens (tertiary/aromatic N) is 2. The Morgan fingerprint density at radius 1 is 1.30 bits per heavy atom. The van der Waals surface area contributed by atoms with Crippen LogP contribution >= 0.6 is 0 Å². The van der Waals surface area contributed by atoms with Crippen molar-refractivity contribution in [1.82, 2.24) is 9.37 Å². The van der Waals surface area contributed by atoms with E-state index in [0.29, 0.717) is 17.9 Å². The van der Waals surface area contributed by atoms with E-state index < -0.39 is 39.5 Å². The Balaban J connectivity index is 1.64. The van der Waals surface area contributed by atoms with Gasteiger partial charge in [-0.2, -0.15) is 5.06 Å². The van der Waals surface area contributed by atoms with Crippen molar-refractivity contribution in [2.24, 2.45) is 16.7 Å². The van der Waals surface area contributed by atoms with E-state index in [-0.39, 0.29) is 22.7 Å². The molecule has 2 bridgehead atoms. The number of fused-ring (bicyclic) bond motifs is 1. The van der Waals surface area contributed by atoms with E-state index in [4.69, 9.17) is 4.74 Å². The highest BCUT2D eigenvalue weighted by Gasteiger charge is 2.72. The van der Waals surface area contributed by atoms with Crippen molar-refractivity contribution in [3.8, 4) is 0 Å². The van der Waals surface area contributed by atoms with E-state index in [1.807, 2.05) is 6.07 Å². The minimum Gasteiger partial charge on any atom is -0.467 e. The number of urea groups is 1. The summed E-state index contributed by atoms with van der Waals surface area (Å²) < 4.78 is 31.7. The maximum absolute atomic E-state index is 13.3. The number of rotatable bonds is 4. The fourth-order valence-corrected chi connectivity index (χ4v) is 8.51. The molecule has 1 spiro atoms. The molecule has 1 heterocycles. The van der Waals surface area contributed by atoms with E-state index in [1.54, 1.807) is 24.3 Å². The van der Waals surface area contributed by atoms with Crippen molar-refractivity contribution in [3.63, 3.8) is 0 Å². The fourth-order valence-electron chi connectivity index (χ4n) is 6.02. The van der Waals surface area contributed by atoms with E-state index in [0.717, 1.165) is 17.1 Å². The Kier molecular flexibility index (Phi) is 4.89. The van der Waals surface area contributed by atoms with Crippen molar-refractivity contribution >= 4 is 22.0 Å². The lowest BCUT2D eigenvalue weighted by atomic mass is 9.69. The molecular formula is C21H28N2O6S. The van der Waals surface area contributed by atoms with Gasteiger partial charge >= 0.3 is 12.0 Å². The number of hydrogen-bond donors (Lipinski definition) is 1. The largest absolute Gasteiger partial charge is 0.467 e. The number of ether oxygens (including phenoxy) is 1. The average Bonchev–Trinajstić information content (AvgIpc) is 3.19. The molecule has 0 radical (unpaired) electrons. The Bertz CT molecular complexity index is 963. The third-order valence-corrected chi connectivity index (χ3v) is 9.73. The van der Waals surface area contributed by atoms with Gasteiger partial charge in [0, 0.05) is 11.8 Å². The quantitative estimate of drug-likeness (QED) is 0.442. The van der Waals surface area contributed by atoms with E-state index in [2.05, 4.69) is 13.8 Å². The number of esters is 1. The summed E-state index contributed by atoms with van der Waals surface area (Å²) in [5.74, 6) is -0.578. The SMILES string of the molecule is COC(=O)[C@@H](Cc1ccccc1)N(O)C(=O)N1C2CC3CCC2(CS1(=O)=O)C3(C)C. The van der Waals surface area contributed by atoms with Crippen LogP contribution in [0.15, 0.2) is 30.3 Å². The van der Waals surface area contributed by atoms with Crippen LogP contribution in [0.1, 0.15) is 38.7 Å². The number of sulfonamides is 1. The van der Waals surface area contributed by atoms with Crippen molar-refractivity contribution in [3.05, 3.63) is 35.9 Å². The zero-order chi connectivity index (χ0) is 21.9. The van der Waals surface area contributed by atoms with Gasteiger partial charge in [0.15, 0.2) is 6.04 Å². The second-order valence-electron chi connectivity index (χ2n) is 9.27. The maximum Gasteiger partial charge on any atom is 0.358 e. The van der Waals surface area contributed by atoms with E-state index in [9.17, 15) is 23.2 Å². The molecule has 1 aliphatic heterocycles. The molecule has 8 nitrogen and oxygen atoms in total. The molecule has 9 heteroatoms. The maximum atomic E-state index is 13.3. The van der Waals surface area contributed by atoms with Crippen molar-refractivity contribution in [2.45, 2.75) is 51.6 Å². The standard InChI is InChI=1S/C21H28N2O6S/c1-20(2)15-9-10-21(20)13-30(27,28)23(17(21)12-15)19(25)22(26)16(18(24)29-3)11-14-7-5-4-6-8-14/h4-8,15-17,26H,9-13H2,1-3H3/t15?,16-,17?,21?/m1/s1. The van der Waals surface area contributed by atoms with Gasteiger partial charge in [0.1, 0.15) is 0 Å². The van der Waals surface area contributed by atoms with Crippen molar-refractivity contribution in [1.29, 1.82) is 0 Å². The van der Waals surface area contributed by atoms with Gasteiger partial charge in [-0.25, -0.2) is 22.3 Å². The minimum atomic E-state index is -3.91. The smallest absolute Gasteiger partial charge is 0.358 e. The molecule has 3 aliphatic rings. The molecule has 0 aromatic heterocycles. The summed E-state index contributed by atoms with van der Waals surface area (Å²) in [6, 6.07) is 5.97. The first-order valence-corrected chi connectivity index (χ1v) is 11.8. The van der Waals surface area contributed by atoms with Crippen LogP contribution in [0, 0.1) is 16.7 Å². The van der Waals surface area contributed by atoms with Crippen molar-refractivity contribution in [2.75, 3.05) is 12.9 Å². The van der Waals surface area contributed by atoms with Crippen LogP contribution in [0.5, 0.6) is 0 Å². The summed E-state index contributed by atoms with van der Waals surface area (Å²) >= 11 is 0. The Morgan fingerprint density at radius 2 is 1.97 bits per heavy atom. The second-order valence-corrected chi connectivity index (χ2v) is 11.1.